The van der Waals surface area contributed by atoms with Crippen LogP contribution in [0.1, 0.15) is 43.4 Å². The van der Waals surface area contributed by atoms with Crippen molar-refractivity contribution in [1.82, 2.24) is 4.90 Å². The molecule has 4 heteroatoms. The summed E-state index contributed by atoms with van der Waals surface area (Å²) in [7, 11) is 6.62. The molecular weight excluding hydrogens is 353 g/mol. The van der Waals surface area contributed by atoms with Gasteiger partial charge >= 0.3 is 0 Å². The second-order valence-corrected chi connectivity index (χ2v) is 9.06. The molecule has 0 amide bonds. The van der Waals surface area contributed by atoms with Crippen LogP contribution in [0.3, 0.4) is 0 Å². The highest BCUT2D eigenvalue weighted by molar-refractivity contribution is 7.48. The summed E-state index contributed by atoms with van der Waals surface area (Å²) in [5.41, 5.74) is 3.89. The molecule has 0 aliphatic heterocycles. The number of para-hydroxylation sites is 1. The third kappa shape index (κ3) is 5.31. The van der Waals surface area contributed by atoms with Gasteiger partial charge in [0.15, 0.2) is 6.79 Å². The van der Waals surface area contributed by atoms with Crippen molar-refractivity contribution in [3.63, 3.8) is 0 Å². The highest BCUT2D eigenvalue weighted by Gasteiger charge is 2.33. The van der Waals surface area contributed by atoms with E-state index in [1.807, 2.05) is 0 Å². The summed E-state index contributed by atoms with van der Waals surface area (Å²) in [4.78, 5) is 2.24. The van der Waals surface area contributed by atoms with E-state index in [1.165, 1.54) is 22.0 Å². The van der Waals surface area contributed by atoms with E-state index < -0.39 is 0 Å². The van der Waals surface area contributed by atoms with Crippen molar-refractivity contribution in [1.29, 1.82) is 0 Å². The van der Waals surface area contributed by atoms with Crippen molar-refractivity contribution in [2.24, 2.45) is 0 Å². The Bertz CT molecular complexity index is 726. The fourth-order valence-electron chi connectivity index (χ4n) is 3.59. The highest BCUT2D eigenvalue weighted by atomic mass is 31.1. The summed E-state index contributed by atoms with van der Waals surface area (Å²) in [5, 5.41) is 1.52. The van der Waals surface area contributed by atoms with Crippen molar-refractivity contribution >= 4 is 13.9 Å². The minimum Gasteiger partial charge on any atom is -0.467 e. The zero-order chi connectivity index (χ0) is 19.9. The van der Waals surface area contributed by atoms with Gasteiger partial charge in [0.25, 0.3) is 0 Å². The van der Waals surface area contributed by atoms with Gasteiger partial charge in [0, 0.05) is 24.4 Å². The van der Waals surface area contributed by atoms with E-state index in [1.54, 1.807) is 7.11 Å². The molecule has 0 N–H and O–H groups in total. The van der Waals surface area contributed by atoms with E-state index >= 15 is 0 Å². The number of methoxy groups -OCH3 is 1. The molecule has 0 spiro atoms. The first kappa shape index (κ1) is 21.9. The van der Waals surface area contributed by atoms with Gasteiger partial charge < -0.3 is 14.4 Å². The van der Waals surface area contributed by atoms with Gasteiger partial charge in [-0.1, -0.05) is 64.9 Å². The van der Waals surface area contributed by atoms with E-state index in [2.05, 4.69) is 82.2 Å². The molecule has 0 radical (unpaired) electrons. The number of aryl methyl sites for hydroxylation is 1. The molecule has 0 saturated heterocycles. The molecule has 1 atom stereocenters. The van der Waals surface area contributed by atoms with Crippen molar-refractivity contribution in [3.05, 3.63) is 59.2 Å². The number of benzene rings is 2. The van der Waals surface area contributed by atoms with E-state index in [4.69, 9.17) is 9.47 Å². The minimum absolute atomic E-state index is 0.0670. The molecule has 0 aliphatic rings. The van der Waals surface area contributed by atoms with Crippen LogP contribution < -0.4 is 10.0 Å². The standard InChI is InChI=1S/C23H34NO2P/c1-7-23(8-2,20-14-11-12-18(3)22(20)26-17-25-6)27-21-15-10-9-13-19(21)16-24(4)5/h9-15,27H,7-8,16-17H2,1-6H3. The van der Waals surface area contributed by atoms with Gasteiger partial charge in [-0.05, 0) is 50.3 Å². The highest BCUT2D eigenvalue weighted by Crippen LogP contribution is 2.51. The van der Waals surface area contributed by atoms with Crippen LogP contribution in [0.5, 0.6) is 5.75 Å². The summed E-state index contributed by atoms with van der Waals surface area (Å²) >= 11 is 0. The molecule has 2 rings (SSSR count). The lowest BCUT2D eigenvalue weighted by Crippen LogP contribution is -2.25. The van der Waals surface area contributed by atoms with Crippen molar-refractivity contribution < 1.29 is 9.47 Å². The molecule has 148 valence electrons. The Labute approximate surface area is 166 Å². The Hall–Kier alpha value is -1.41. The van der Waals surface area contributed by atoms with E-state index in [-0.39, 0.29) is 11.9 Å². The SMILES string of the molecule is CCC(CC)(Pc1ccccc1CN(C)C)c1cccc(C)c1OCOC. The lowest BCUT2D eigenvalue weighted by atomic mass is 9.90. The Morgan fingerprint density at radius 3 is 2.33 bits per heavy atom. The molecule has 3 nitrogen and oxygen atoms in total. The largest absolute Gasteiger partial charge is 0.467 e. The van der Waals surface area contributed by atoms with Crippen LogP contribution in [0, 0.1) is 6.92 Å². The molecule has 0 aliphatic carbocycles. The van der Waals surface area contributed by atoms with Crippen molar-refractivity contribution in [2.45, 2.75) is 45.3 Å². The second kappa shape index (κ2) is 10.2. The molecule has 0 aromatic heterocycles. The van der Waals surface area contributed by atoms with Gasteiger partial charge in [0.05, 0.1) is 0 Å². The first-order chi connectivity index (χ1) is 13.0. The Morgan fingerprint density at radius 2 is 1.70 bits per heavy atom. The van der Waals surface area contributed by atoms with E-state index in [0.717, 1.165) is 25.1 Å². The number of rotatable bonds is 10. The quantitative estimate of drug-likeness (QED) is 0.420. The van der Waals surface area contributed by atoms with E-state index in [0.29, 0.717) is 8.58 Å². The fourth-order valence-corrected chi connectivity index (χ4v) is 5.30. The molecule has 0 fully saturated rings. The lowest BCUT2D eigenvalue weighted by molar-refractivity contribution is 0.0494. The van der Waals surface area contributed by atoms with Crippen LogP contribution in [0.25, 0.3) is 0 Å². The number of hydrogen-bond donors (Lipinski definition) is 0. The third-order valence-electron chi connectivity index (χ3n) is 5.13. The molecule has 0 saturated carbocycles. The van der Waals surface area contributed by atoms with Gasteiger partial charge in [0.2, 0.25) is 0 Å². The van der Waals surface area contributed by atoms with Gasteiger partial charge in [-0.3, -0.25) is 0 Å². The van der Waals surface area contributed by atoms with Crippen LogP contribution in [0.15, 0.2) is 42.5 Å². The zero-order valence-electron chi connectivity index (χ0n) is 17.6. The summed E-state index contributed by atoms with van der Waals surface area (Å²) in [6, 6.07) is 15.4. The molecule has 2 aromatic carbocycles. The average molecular weight is 388 g/mol. The van der Waals surface area contributed by atoms with Gasteiger partial charge in [-0.25, -0.2) is 0 Å². The lowest BCUT2D eigenvalue weighted by Gasteiger charge is -2.35. The molecule has 2 aromatic rings. The Kier molecular flexibility index (Phi) is 8.28. The predicted octanol–water partition coefficient (Wildman–Crippen LogP) is 5.06. The second-order valence-electron chi connectivity index (χ2n) is 7.31. The zero-order valence-corrected chi connectivity index (χ0v) is 18.6. The van der Waals surface area contributed by atoms with Gasteiger partial charge in [0.1, 0.15) is 5.75 Å². The summed E-state index contributed by atoms with van der Waals surface area (Å²) in [6.07, 6.45) is 2.15. The van der Waals surface area contributed by atoms with Gasteiger partial charge in [-0.15, -0.1) is 0 Å². The maximum absolute atomic E-state index is 6.03. The maximum atomic E-state index is 6.03. The predicted molar refractivity (Wildman–Crippen MR) is 118 cm³/mol. The molecule has 27 heavy (non-hydrogen) atoms. The van der Waals surface area contributed by atoms with Gasteiger partial charge in [-0.2, -0.15) is 0 Å². The van der Waals surface area contributed by atoms with Crippen molar-refractivity contribution in [2.75, 3.05) is 28.0 Å². The third-order valence-corrected chi connectivity index (χ3v) is 7.35. The molecule has 0 heterocycles. The van der Waals surface area contributed by atoms with Crippen molar-refractivity contribution in [3.8, 4) is 5.75 Å². The summed E-state index contributed by atoms with van der Waals surface area (Å²) < 4.78 is 11.2. The number of hydrogen-bond acceptors (Lipinski definition) is 3. The topological polar surface area (TPSA) is 21.7 Å². The normalized spacial score (nSPS) is 12.3. The monoisotopic (exact) mass is 387 g/mol. The maximum Gasteiger partial charge on any atom is 0.188 e. The first-order valence-corrected chi connectivity index (χ1v) is 10.7. The van der Waals surface area contributed by atoms with Crippen LogP contribution in [0.2, 0.25) is 0 Å². The smallest absolute Gasteiger partial charge is 0.188 e. The summed E-state index contributed by atoms with van der Waals surface area (Å²) in [5.74, 6) is 0.987. The van der Waals surface area contributed by atoms with E-state index in [9.17, 15) is 0 Å². The number of ether oxygens (including phenoxy) is 2. The fraction of sp³-hybridized carbons (Fsp3) is 0.478. The van der Waals surface area contributed by atoms with Crippen LogP contribution >= 0.6 is 8.58 Å². The number of nitrogens with zero attached hydrogens (tertiary/aromatic N) is 1. The molecular formula is C23H34NO2P. The first-order valence-electron chi connectivity index (χ1n) is 9.70. The van der Waals surface area contributed by atoms with Crippen LogP contribution in [0.4, 0.5) is 0 Å². The Morgan fingerprint density at radius 1 is 1.00 bits per heavy atom. The minimum atomic E-state index is 0.0670. The average Bonchev–Trinajstić information content (AvgIpc) is 2.66. The molecule has 1 unspecified atom stereocenters. The van der Waals surface area contributed by atoms with Crippen LogP contribution in [-0.4, -0.2) is 32.9 Å². The molecule has 0 bridgehead atoms. The summed E-state index contributed by atoms with van der Waals surface area (Å²) in [6.45, 7) is 7.96. The Balaban J connectivity index is 2.50. The van der Waals surface area contributed by atoms with Crippen LogP contribution in [-0.2, 0) is 16.4 Å².